The molecule has 2 aromatic rings. The monoisotopic (exact) mass is 353 g/mol. The Labute approximate surface area is 144 Å². The van der Waals surface area contributed by atoms with Crippen LogP contribution in [0.4, 0.5) is 0 Å². The van der Waals surface area contributed by atoms with Crippen LogP contribution in [0.25, 0.3) is 5.65 Å². The van der Waals surface area contributed by atoms with Gasteiger partial charge in [-0.15, -0.1) is 0 Å². The highest BCUT2D eigenvalue weighted by Crippen LogP contribution is 2.60. The van der Waals surface area contributed by atoms with Crippen LogP contribution in [-0.4, -0.2) is 27.8 Å². The fourth-order valence-electron chi connectivity index (χ4n) is 2.76. The minimum Gasteiger partial charge on any atom is -0.308 e. The average Bonchev–Trinajstić information content (AvgIpc) is 3.02. The smallest absolute Gasteiger partial charge is 0.308 e. The van der Waals surface area contributed by atoms with Crippen molar-refractivity contribution in [1.29, 1.82) is 0 Å². The first kappa shape index (κ1) is 19.1. The summed E-state index contributed by atoms with van der Waals surface area (Å²) in [4.78, 5) is 4.65. The zero-order valence-corrected chi connectivity index (χ0v) is 16.0. The number of aryl methyl sites for hydroxylation is 1. The van der Waals surface area contributed by atoms with Crippen molar-refractivity contribution >= 4 is 13.2 Å². The molecule has 0 saturated carbocycles. The van der Waals surface area contributed by atoms with Crippen LogP contribution < -0.4 is 0 Å². The Bertz CT molecular complexity index is 691. The Balaban J connectivity index is 2.41. The third-order valence-electron chi connectivity index (χ3n) is 4.00. The maximum atomic E-state index is 13.1. The summed E-state index contributed by atoms with van der Waals surface area (Å²) in [6.45, 7) is 8.39. The molecule has 0 fully saturated rings. The van der Waals surface area contributed by atoms with Crippen LogP contribution in [0.3, 0.4) is 0 Å². The summed E-state index contributed by atoms with van der Waals surface area (Å²) in [6, 6.07) is 3.86. The molecule has 0 aliphatic heterocycles. The summed E-state index contributed by atoms with van der Waals surface area (Å²) in [5.74, 6) is 0. The predicted octanol–water partition coefficient (Wildman–Crippen LogP) is 4.79. The first-order valence-corrected chi connectivity index (χ1v) is 10.4. The molecule has 1 atom stereocenters. The quantitative estimate of drug-likeness (QED) is 0.454. The fraction of sp³-hybridized carbons (Fsp3) is 0.647. The summed E-state index contributed by atoms with van der Waals surface area (Å²) in [5, 5.41) is 4.33. The van der Waals surface area contributed by atoms with Crippen molar-refractivity contribution in [3.63, 3.8) is 0 Å². The first-order chi connectivity index (χ1) is 11.6. The molecule has 134 valence electrons. The van der Waals surface area contributed by atoms with Gasteiger partial charge in [-0.1, -0.05) is 19.8 Å². The number of nitrogens with zero attached hydrogens (tertiary/aromatic N) is 3. The maximum absolute atomic E-state index is 13.1. The van der Waals surface area contributed by atoms with Gasteiger partial charge in [-0.25, -0.2) is 9.50 Å². The van der Waals surface area contributed by atoms with E-state index in [1.54, 1.807) is 10.7 Å². The molecule has 0 spiro atoms. The normalized spacial score (nSPS) is 13.5. The Morgan fingerprint density at radius 3 is 2.54 bits per heavy atom. The highest BCUT2D eigenvalue weighted by atomic mass is 31.2. The highest BCUT2D eigenvalue weighted by molar-refractivity contribution is 7.54. The molecule has 6 nitrogen and oxygen atoms in total. The van der Waals surface area contributed by atoms with E-state index < -0.39 is 13.3 Å². The van der Waals surface area contributed by atoms with E-state index in [4.69, 9.17) is 9.05 Å². The average molecular weight is 353 g/mol. The van der Waals surface area contributed by atoms with Crippen molar-refractivity contribution in [2.24, 2.45) is 0 Å². The molecule has 0 N–H and O–H groups in total. The number of aromatic nitrogens is 3. The lowest BCUT2D eigenvalue weighted by Crippen LogP contribution is -2.10. The molecule has 2 heterocycles. The van der Waals surface area contributed by atoms with E-state index in [9.17, 15) is 4.57 Å². The molecular weight excluding hydrogens is 325 g/mol. The second-order valence-corrected chi connectivity index (χ2v) is 8.15. The summed E-state index contributed by atoms with van der Waals surface area (Å²) in [5.41, 5.74) is 2.18. The van der Waals surface area contributed by atoms with E-state index in [1.807, 2.05) is 32.9 Å². The van der Waals surface area contributed by atoms with E-state index in [-0.39, 0.29) is 0 Å². The van der Waals surface area contributed by atoms with Crippen molar-refractivity contribution in [3.8, 4) is 0 Å². The Morgan fingerprint density at radius 1 is 1.21 bits per heavy atom. The van der Waals surface area contributed by atoms with Gasteiger partial charge >= 0.3 is 7.60 Å². The van der Waals surface area contributed by atoms with Gasteiger partial charge in [0, 0.05) is 11.8 Å². The maximum Gasteiger partial charge on any atom is 0.339 e. The number of unbranched alkanes of at least 4 members (excludes halogenated alkanes) is 2. The SMILES string of the molecule is CCCCCc1cc(C(C)P(=O)(OCC)OCC)n2nccc2n1. The molecule has 0 saturated heterocycles. The predicted molar refractivity (Wildman–Crippen MR) is 95.5 cm³/mol. The number of fused-ring (bicyclic) bond motifs is 1. The molecule has 1 unspecified atom stereocenters. The minimum atomic E-state index is -3.25. The molecular formula is C17H28N3O3P. The van der Waals surface area contributed by atoms with E-state index in [2.05, 4.69) is 17.0 Å². The topological polar surface area (TPSA) is 65.7 Å². The second-order valence-electron chi connectivity index (χ2n) is 5.78. The van der Waals surface area contributed by atoms with E-state index >= 15 is 0 Å². The Morgan fingerprint density at radius 2 is 1.92 bits per heavy atom. The van der Waals surface area contributed by atoms with Crippen molar-refractivity contribution in [2.45, 2.75) is 59.0 Å². The van der Waals surface area contributed by atoms with Gasteiger partial charge in [0.2, 0.25) is 0 Å². The van der Waals surface area contributed by atoms with Gasteiger partial charge in [0.25, 0.3) is 0 Å². The Kier molecular flexibility index (Phi) is 6.96. The molecule has 0 bridgehead atoms. The Hall–Kier alpha value is -1.23. The van der Waals surface area contributed by atoms with E-state index in [0.29, 0.717) is 13.2 Å². The number of hydrogen-bond acceptors (Lipinski definition) is 5. The molecule has 24 heavy (non-hydrogen) atoms. The number of hydrogen-bond donors (Lipinski definition) is 0. The minimum absolute atomic E-state index is 0.346. The molecule has 2 aromatic heterocycles. The van der Waals surface area contributed by atoms with Crippen molar-refractivity contribution in [3.05, 3.63) is 29.7 Å². The zero-order chi connectivity index (χ0) is 17.6. The van der Waals surface area contributed by atoms with Crippen LogP contribution >= 0.6 is 7.60 Å². The summed E-state index contributed by atoms with van der Waals surface area (Å²) >= 11 is 0. The largest absolute Gasteiger partial charge is 0.339 e. The van der Waals surface area contributed by atoms with Gasteiger partial charge in [0.05, 0.1) is 25.1 Å². The lowest BCUT2D eigenvalue weighted by molar-refractivity contribution is 0.213. The number of rotatable bonds is 10. The summed E-state index contributed by atoms with van der Waals surface area (Å²) < 4.78 is 25.9. The fourth-order valence-corrected chi connectivity index (χ4v) is 4.51. The van der Waals surface area contributed by atoms with Gasteiger partial charge in [-0.2, -0.15) is 5.10 Å². The van der Waals surface area contributed by atoms with Crippen LogP contribution in [0, 0.1) is 0 Å². The van der Waals surface area contributed by atoms with Gasteiger partial charge in [-0.05, 0) is 39.7 Å². The van der Waals surface area contributed by atoms with Crippen LogP contribution in [-0.2, 0) is 20.0 Å². The summed E-state index contributed by atoms with van der Waals surface area (Å²) in [6.07, 6.45) is 6.05. The molecule has 2 rings (SSSR count). The lowest BCUT2D eigenvalue weighted by atomic mass is 10.1. The van der Waals surface area contributed by atoms with Crippen LogP contribution in [0.2, 0.25) is 0 Å². The second kappa shape index (κ2) is 8.75. The van der Waals surface area contributed by atoms with Gasteiger partial charge in [0.1, 0.15) is 5.66 Å². The van der Waals surface area contributed by atoms with Crippen LogP contribution in [0.1, 0.15) is 64.0 Å². The van der Waals surface area contributed by atoms with Crippen LogP contribution in [0.5, 0.6) is 0 Å². The molecule has 0 aliphatic carbocycles. The van der Waals surface area contributed by atoms with E-state index in [1.165, 1.54) is 12.8 Å². The molecule has 0 radical (unpaired) electrons. The zero-order valence-electron chi connectivity index (χ0n) is 15.1. The van der Waals surface area contributed by atoms with Crippen molar-refractivity contribution in [2.75, 3.05) is 13.2 Å². The van der Waals surface area contributed by atoms with Gasteiger partial charge in [-0.3, -0.25) is 4.57 Å². The third-order valence-corrected chi connectivity index (χ3v) is 6.45. The third kappa shape index (κ3) is 4.24. The van der Waals surface area contributed by atoms with Crippen molar-refractivity contribution < 1.29 is 13.6 Å². The lowest BCUT2D eigenvalue weighted by Gasteiger charge is -2.24. The van der Waals surface area contributed by atoms with Gasteiger partial charge in [0.15, 0.2) is 5.65 Å². The molecule has 0 amide bonds. The van der Waals surface area contributed by atoms with Crippen molar-refractivity contribution in [1.82, 2.24) is 14.6 Å². The molecule has 0 aromatic carbocycles. The molecule has 7 heteroatoms. The standard InChI is InChI=1S/C17H28N3O3P/c1-5-8-9-10-15-13-16(20-17(19-15)11-12-18-20)14(4)24(21,22-6-2)23-7-3/h11-14H,5-10H2,1-4H3. The summed E-state index contributed by atoms with van der Waals surface area (Å²) in [7, 11) is -3.25. The highest BCUT2D eigenvalue weighted by Gasteiger charge is 2.35. The first-order valence-electron chi connectivity index (χ1n) is 8.78. The molecule has 0 aliphatic rings. The van der Waals surface area contributed by atoms with E-state index in [0.717, 1.165) is 29.9 Å². The van der Waals surface area contributed by atoms with Gasteiger partial charge < -0.3 is 9.05 Å². The van der Waals surface area contributed by atoms with Crippen LogP contribution in [0.15, 0.2) is 18.3 Å².